The lowest BCUT2D eigenvalue weighted by Crippen LogP contribution is -2.42. The van der Waals surface area contributed by atoms with Crippen molar-refractivity contribution in [2.75, 3.05) is 12.4 Å². The van der Waals surface area contributed by atoms with Crippen LogP contribution in [0.5, 0.6) is 5.75 Å². The van der Waals surface area contributed by atoms with Gasteiger partial charge in [0.2, 0.25) is 5.91 Å². The third-order valence-corrected chi connectivity index (χ3v) is 4.58. The number of anilines is 1. The quantitative estimate of drug-likeness (QED) is 0.664. The summed E-state index contributed by atoms with van der Waals surface area (Å²) in [6, 6.07) is 12.2. The van der Waals surface area contributed by atoms with Gasteiger partial charge in [-0.2, -0.15) is 5.10 Å². The number of nitrogens with one attached hydrogen (secondary N) is 3. The lowest BCUT2D eigenvalue weighted by Gasteiger charge is -2.14. The molecule has 7 heteroatoms. The van der Waals surface area contributed by atoms with E-state index >= 15 is 0 Å². The fourth-order valence-electron chi connectivity index (χ4n) is 3.09. The van der Waals surface area contributed by atoms with E-state index in [1.165, 1.54) is 7.11 Å². The molecule has 7 nitrogen and oxygen atoms in total. The van der Waals surface area contributed by atoms with Crippen molar-refractivity contribution in [3.8, 4) is 16.9 Å². The van der Waals surface area contributed by atoms with Crippen LogP contribution in [0.15, 0.2) is 54.9 Å². The first-order chi connectivity index (χ1) is 13.1. The molecule has 1 unspecified atom stereocenters. The summed E-state index contributed by atoms with van der Waals surface area (Å²) in [5.41, 5.74) is 3.84. The van der Waals surface area contributed by atoms with E-state index in [2.05, 4.69) is 20.8 Å². The van der Waals surface area contributed by atoms with Gasteiger partial charge in [-0.15, -0.1) is 0 Å². The van der Waals surface area contributed by atoms with Crippen LogP contribution in [0.2, 0.25) is 0 Å². The van der Waals surface area contributed by atoms with E-state index in [4.69, 9.17) is 4.74 Å². The highest BCUT2D eigenvalue weighted by Crippen LogP contribution is 2.25. The first-order valence-electron chi connectivity index (χ1n) is 8.52. The summed E-state index contributed by atoms with van der Waals surface area (Å²) in [6.07, 6.45) is 3.97. The van der Waals surface area contributed by atoms with Crippen LogP contribution in [-0.4, -0.2) is 35.2 Å². The predicted octanol–water partition coefficient (Wildman–Crippen LogP) is 2.38. The SMILES string of the molecule is COc1ccc2c(c1)C(=O)NC(Cc1ccc(-c3cn[nH]c3)cc1)C(=O)N2. The monoisotopic (exact) mass is 362 g/mol. The van der Waals surface area contributed by atoms with Gasteiger partial charge >= 0.3 is 0 Å². The minimum Gasteiger partial charge on any atom is -0.497 e. The molecule has 1 aromatic heterocycles. The molecular weight excluding hydrogens is 344 g/mol. The molecule has 0 radical (unpaired) electrons. The van der Waals surface area contributed by atoms with E-state index in [1.807, 2.05) is 30.5 Å². The first kappa shape index (κ1) is 16.8. The van der Waals surface area contributed by atoms with Gasteiger partial charge in [-0.25, -0.2) is 0 Å². The second kappa shape index (κ2) is 6.95. The zero-order valence-electron chi connectivity index (χ0n) is 14.7. The van der Waals surface area contributed by atoms with Crippen LogP contribution < -0.4 is 15.4 Å². The Morgan fingerprint density at radius 1 is 1.07 bits per heavy atom. The summed E-state index contributed by atoms with van der Waals surface area (Å²) >= 11 is 0. The molecule has 2 amide bonds. The molecule has 1 atom stereocenters. The Labute approximate surface area is 155 Å². The van der Waals surface area contributed by atoms with Crippen molar-refractivity contribution in [1.29, 1.82) is 0 Å². The van der Waals surface area contributed by atoms with Crippen molar-refractivity contribution in [1.82, 2.24) is 15.5 Å². The first-order valence-corrected chi connectivity index (χ1v) is 8.52. The molecule has 2 aromatic carbocycles. The molecule has 27 heavy (non-hydrogen) atoms. The maximum Gasteiger partial charge on any atom is 0.254 e. The van der Waals surface area contributed by atoms with Crippen LogP contribution in [0.4, 0.5) is 5.69 Å². The number of amides is 2. The number of methoxy groups -OCH3 is 1. The molecule has 0 fully saturated rings. The molecule has 1 aliphatic heterocycles. The topological polar surface area (TPSA) is 96.1 Å². The van der Waals surface area contributed by atoms with Gasteiger partial charge in [-0.1, -0.05) is 24.3 Å². The minimum absolute atomic E-state index is 0.244. The van der Waals surface area contributed by atoms with Crippen molar-refractivity contribution in [3.05, 3.63) is 66.0 Å². The van der Waals surface area contributed by atoms with Gasteiger partial charge in [0.1, 0.15) is 11.8 Å². The summed E-state index contributed by atoms with van der Waals surface area (Å²) in [6.45, 7) is 0. The average Bonchev–Trinajstić information content (AvgIpc) is 3.19. The highest BCUT2D eigenvalue weighted by atomic mass is 16.5. The molecule has 0 saturated heterocycles. The fourth-order valence-corrected chi connectivity index (χ4v) is 3.09. The van der Waals surface area contributed by atoms with Crippen LogP contribution in [0, 0.1) is 0 Å². The Bertz CT molecular complexity index is 981. The van der Waals surface area contributed by atoms with Gasteiger partial charge in [0.25, 0.3) is 5.91 Å². The van der Waals surface area contributed by atoms with Gasteiger partial charge in [-0.05, 0) is 29.3 Å². The van der Waals surface area contributed by atoms with Crippen LogP contribution in [0.3, 0.4) is 0 Å². The number of H-pyrrole nitrogens is 1. The van der Waals surface area contributed by atoms with E-state index in [-0.39, 0.29) is 11.8 Å². The number of aromatic amines is 1. The van der Waals surface area contributed by atoms with Crippen LogP contribution in [0.25, 0.3) is 11.1 Å². The molecule has 0 bridgehead atoms. The van der Waals surface area contributed by atoms with Crippen LogP contribution in [0.1, 0.15) is 15.9 Å². The van der Waals surface area contributed by atoms with Gasteiger partial charge in [0.15, 0.2) is 0 Å². The van der Waals surface area contributed by atoms with Crippen molar-refractivity contribution >= 4 is 17.5 Å². The molecule has 3 aromatic rings. The highest BCUT2D eigenvalue weighted by Gasteiger charge is 2.28. The Hall–Kier alpha value is -3.61. The molecule has 2 heterocycles. The zero-order valence-corrected chi connectivity index (χ0v) is 14.7. The van der Waals surface area contributed by atoms with E-state index in [9.17, 15) is 9.59 Å². The smallest absolute Gasteiger partial charge is 0.254 e. The number of benzene rings is 2. The third kappa shape index (κ3) is 3.39. The predicted molar refractivity (Wildman–Crippen MR) is 101 cm³/mol. The second-order valence-corrected chi connectivity index (χ2v) is 6.31. The van der Waals surface area contributed by atoms with E-state index in [0.29, 0.717) is 23.4 Å². The summed E-state index contributed by atoms with van der Waals surface area (Å²) in [5, 5.41) is 12.3. The maximum atomic E-state index is 12.6. The van der Waals surface area contributed by atoms with Crippen molar-refractivity contribution in [3.63, 3.8) is 0 Å². The zero-order chi connectivity index (χ0) is 18.8. The molecular formula is C20H18N4O3. The standard InChI is InChI=1S/C20H18N4O3/c1-27-15-6-7-17-16(9-15)19(25)24-18(20(26)23-17)8-12-2-4-13(5-3-12)14-10-21-22-11-14/h2-7,9-11,18H,8H2,1H3,(H,21,22)(H,23,26)(H,24,25). The Morgan fingerprint density at radius 3 is 2.59 bits per heavy atom. The molecule has 0 aliphatic carbocycles. The summed E-state index contributed by atoms with van der Waals surface area (Å²) < 4.78 is 5.16. The number of fused-ring (bicyclic) bond motifs is 1. The van der Waals surface area contributed by atoms with Crippen LogP contribution >= 0.6 is 0 Å². The van der Waals surface area contributed by atoms with E-state index < -0.39 is 6.04 Å². The number of ether oxygens (including phenoxy) is 1. The summed E-state index contributed by atoms with van der Waals surface area (Å²) in [4.78, 5) is 25.1. The summed E-state index contributed by atoms with van der Waals surface area (Å²) in [7, 11) is 1.53. The Kier molecular flexibility index (Phi) is 4.33. The number of hydrogen-bond donors (Lipinski definition) is 3. The lowest BCUT2D eigenvalue weighted by atomic mass is 10.0. The number of carbonyl (C=O) groups excluding carboxylic acids is 2. The normalized spacial score (nSPS) is 16.1. The number of carbonyl (C=O) groups is 2. The number of hydrogen-bond acceptors (Lipinski definition) is 4. The number of aromatic nitrogens is 2. The van der Waals surface area contributed by atoms with Crippen molar-refractivity contribution < 1.29 is 14.3 Å². The fraction of sp³-hybridized carbons (Fsp3) is 0.150. The van der Waals surface area contributed by atoms with Crippen molar-refractivity contribution in [2.45, 2.75) is 12.5 Å². The van der Waals surface area contributed by atoms with Gasteiger partial charge < -0.3 is 15.4 Å². The van der Waals surface area contributed by atoms with Gasteiger partial charge in [-0.3, -0.25) is 14.7 Å². The Balaban J connectivity index is 1.53. The number of rotatable bonds is 4. The van der Waals surface area contributed by atoms with Gasteiger partial charge in [0, 0.05) is 18.2 Å². The highest BCUT2D eigenvalue weighted by molar-refractivity contribution is 6.10. The lowest BCUT2D eigenvalue weighted by molar-refractivity contribution is -0.117. The molecule has 0 saturated carbocycles. The molecule has 1 aliphatic rings. The largest absolute Gasteiger partial charge is 0.497 e. The second-order valence-electron chi connectivity index (χ2n) is 6.31. The maximum absolute atomic E-state index is 12.6. The number of nitrogens with zero attached hydrogens (tertiary/aromatic N) is 1. The van der Waals surface area contributed by atoms with Gasteiger partial charge in [0.05, 0.1) is 24.6 Å². The molecule has 3 N–H and O–H groups in total. The summed E-state index contributed by atoms with van der Waals surface area (Å²) in [5.74, 6) is 0.0138. The average molecular weight is 362 g/mol. The molecule has 0 spiro atoms. The minimum atomic E-state index is -0.657. The van der Waals surface area contributed by atoms with E-state index in [0.717, 1.165) is 16.7 Å². The van der Waals surface area contributed by atoms with Crippen LogP contribution in [-0.2, 0) is 11.2 Å². The van der Waals surface area contributed by atoms with Crippen molar-refractivity contribution in [2.24, 2.45) is 0 Å². The van der Waals surface area contributed by atoms with E-state index in [1.54, 1.807) is 24.4 Å². The Morgan fingerprint density at radius 2 is 1.89 bits per heavy atom. The molecule has 136 valence electrons. The molecule has 4 rings (SSSR count). The third-order valence-electron chi connectivity index (χ3n) is 4.58.